The molecule has 5 nitrogen and oxygen atoms in total. The van der Waals surface area contributed by atoms with Crippen LogP contribution in [0.15, 0.2) is 57.9 Å². The van der Waals surface area contributed by atoms with Crippen molar-refractivity contribution in [1.29, 1.82) is 0 Å². The van der Waals surface area contributed by atoms with Gasteiger partial charge in [-0.05, 0) is 35.9 Å². The molecule has 1 aromatic heterocycles. The summed E-state index contributed by atoms with van der Waals surface area (Å²) in [7, 11) is 1.62. The molecule has 1 fully saturated rings. The quantitative estimate of drug-likeness (QED) is 0.474. The molecule has 4 rings (SSSR count). The van der Waals surface area contributed by atoms with E-state index < -0.39 is 0 Å². The van der Waals surface area contributed by atoms with E-state index in [4.69, 9.17) is 21.4 Å². The van der Waals surface area contributed by atoms with Crippen molar-refractivity contribution >= 4 is 51.4 Å². The minimum absolute atomic E-state index is 0.0862. The van der Waals surface area contributed by atoms with E-state index >= 15 is 0 Å². The highest BCUT2D eigenvalue weighted by atomic mass is 32.2. The van der Waals surface area contributed by atoms with Crippen molar-refractivity contribution < 1.29 is 13.9 Å². The number of thiocarbonyl (C=S) groups is 1. The van der Waals surface area contributed by atoms with Gasteiger partial charge in [0.1, 0.15) is 15.6 Å². The van der Waals surface area contributed by atoms with Crippen molar-refractivity contribution in [3.8, 4) is 5.75 Å². The highest BCUT2D eigenvalue weighted by Gasteiger charge is 2.32. The van der Waals surface area contributed by atoms with Crippen LogP contribution >= 0.6 is 24.0 Å². The van der Waals surface area contributed by atoms with Gasteiger partial charge in [-0.3, -0.25) is 9.69 Å². The first kappa shape index (κ1) is 17.8. The Kier molecular flexibility index (Phi) is 4.96. The largest absolute Gasteiger partial charge is 0.497 e. The number of aromatic nitrogens is 1. The van der Waals surface area contributed by atoms with Crippen LogP contribution in [-0.2, 0) is 11.2 Å². The number of ether oxygens (including phenoxy) is 1. The zero-order chi connectivity index (χ0) is 18.8. The lowest BCUT2D eigenvalue weighted by Gasteiger charge is -2.12. The lowest BCUT2D eigenvalue weighted by Crippen LogP contribution is -2.30. The number of para-hydroxylation sites is 2. The van der Waals surface area contributed by atoms with Gasteiger partial charge in [0.15, 0.2) is 11.5 Å². The first-order chi connectivity index (χ1) is 13.1. The first-order valence-corrected chi connectivity index (χ1v) is 9.60. The van der Waals surface area contributed by atoms with Crippen LogP contribution < -0.4 is 4.74 Å². The molecule has 1 aliphatic heterocycles. The summed E-state index contributed by atoms with van der Waals surface area (Å²) in [5, 5.41) is 0. The number of carbonyl (C=O) groups is 1. The molecule has 0 aliphatic carbocycles. The molecule has 0 unspecified atom stereocenters. The Hall–Kier alpha value is -2.64. The number of fused-ring (bicyclic) bond motifs is 1. The Bertz CT molecular complexity index is 1010. The van der Waals surface area contributed by atoms with Crippen LogP contribution in [0.2, 0.25) is 0 Å². The Morgan fingerprint density at radius 1 is 1.22 bits per heavy atom. The minimum Gasteiger partial charge on any atom is -0.497 e. The van der Waals surface area contributed by atoms with Gasteiger partial charge in [0.05, 0.1) is 12.0 Å². The van der Waals surface area contributed by atoms with Crippen molar-refractivity contribution in [2.45, 2.75) is 6.42 Å². The lowest BCUT2D eigenvalue weighted by atomic mass is 10.2. The summed E-state index contributed by atoms with van der Waals surface area (Å²) in [6, 6.07) is 15.1. The van der Waals surface area contributed by atoms with E-state index in [1.165, 1.54) is 11.8 Å². The molecule has 1 aliphatic rings. The second kappa shape index (κ2) is 7.54. The summed E-state index contributed by atoms with van der Waals surface area (Å²) in [6.45, 7) is 0.442. The molecule has 0 atom stereocenters. The monoisotopic (exact) mass is 396 g/mol. The highest BCUT2D eigenvalue weighted by Crippen LogP contribution is 2.33. The number of hydrogen-bond acceptors (Lipinski definition) is 6. The predicted octanol–water partition coefficient (Wildman–Crippen LogP) is 4.28. The molecule has 1 saturated heterocycles. The Balaban J connectivity index is 1.46. The van der Waals surface area contributed by atoms with Gasteiger partial charge in [-0.1, -0.05) is 48.2 Å². The molecule has 7 heteroatoms. The number of nitrogens with zero attached hydrogens (tertiary/aromatic N) is 2. The van der Waals surface area contributed by atoms with Crippen molar-refractivity contribution in [3.05, 3.63) is 64.9 Å². The summed E-state index contributed by atoms with van der Waals surface area (Å²) >= 11 is 6.70. The number of oxazole rings is 1. The van der Waals surface area contributed by atoms with Gasteiger partial charge < -0.3 is 9.15 Å². The number of rotatable bonds is 5. The van der Waals surface area contributed by atoms with Gasteiger partial charge in [0, 0.05) is 13.0 Å². The summed E-state index contributed by atoms with van der Waals surface area (Å²) in [5.74, 6) is 1.29. The van der Waals surface area contributed by atoms with Crippen LogP contribution in [0.3, 0.4) is 0 Å². The second-order valence-corrected chi connectivity index (χ2v) is 7.61. The number of thioether (sulfide) groups is 1. The van der Waals surface area contributed by atoms with E-state index in [9.17, 15) is 4.79 Å². The van der Waals surface area contributed by atoms with Gasteiger partial charge in [-0.15, -0.1) is 0 Å². The van der Waals surface area contributed by atoms with Crippen LogP contribution in [-0.4, -0.2) is 33.8 Å². The molecule has 0 radical (unpaired) electrons. The van der Waals surface area contributed by atoms with E-state index in [1.54, 1.807) is 12.0 Å². The van der Waals surface area contributed by atoms with Crippen molar-refractivity contribution in [2.75, 3.05) is 13.7 Å². The molecule has 1 amide bonds. The summed E-state index contributed by atoms with van der Waals surface area (Å²) in [4.78, 5) is 19.4. The number of methoxy groups -OCH3 is 1. The molecule has 0 saturated carbocycles. The van der Waals surface area contributed by atoms with Gasteiger partial charge in [0.25, 0.3) is 5.91 Å². The molecular weight excluding hydrogens is 380 g/mol. The van der Waals surface area contributed by atoms with E-state index in [0.29, 0.717) is 28.1 Å². The number of benzene rings is 2. The van der Waals surface area contributed by atoms with Gasteiger partial charge in [0.2, 0.25) is 0 Å². The molecular formula is C20H16N2O3S2. The van der Waals surface area contributed by atoms with Crippen molar-refractivity contribution in [1.82, 2.24) is 9.88 Å². The maximum atomic E-state index is 12.7. The average Bonchev–Trinajstić information content (AvgIpc) is 3.21. The van der Waals surface area contributed by atoms with E-state index in [-0.39, 0.29) is 5.91 Å². The van der Waals surface area contributed by atoms with Crippen molar-refractivity contribution in [2.24, 2.45) is 0 Å². The van der Waals surface area contributed by atoms with Crippen LogP contribution in [0.4, 0.5) is 0 Å². The standard InChI is InChI=1S/C20H16N2O3S2/c1-24-14-8-6-13(7-9-14)12-17-19(23)22(20(26)27-17)11-10-18-21-15-4-2-3-5-16(15)25-18/h2-9,12H,10-11H2,1H3/b17-12-. The molecule has 0 bridgehead atoms. The predicted molar refractivity (Wildman–Crippen MR) is 111 cm³/mol. The zero-order valence-electron chi connectivity index (χ0n) is 14.5. The lowest BCUT2D eigenvalue weighted by molar-refractivity contribution is -0.122. The number of carbonyl (C=O) groups excluding carboxylic acids is 1. The summed E-state index contributed by atoms with van der Waals surface area (Å²) in [5.41, 5.74) is 2.49. The topological polar surface area (TPSA) is 55.6 Å². The third kappa shape index (κ3) is 3.74. The second-order valence-electron chi connectivity index (χ2n) is 5.93. The molecule has 2 heterocycles. The van der Waals surface area contributed by atoms with Crippen LogP contribution in [0.1, 0.15) is 11.5 Å². The molecule has 0 N–H and O–H groups in total. The SMILES string of the molecule is COc1ccc(/C=C2\SC(=S)N(CCc3nc4ccccc4o3)C2=O)cc1. The van der Waals surface area contributed by atoms with E-state index in [1.807, 2.05) is 54.6 Å². The molecule has 2 aromatic carbocycles. The van der Waals surface area contributed by atoms with Crippen LogP contribution in [0.25, 0.3) is 17.2 Å². The fraction of sp³-hybridized carbons (Fsp3) is 0.150. The summed E-state index contributed by atoms with van der Waals surface area (Å²) in [6.07, 6.45) is 2.36. The summed E-state index contributed by atoms with van der Waals surface area (Å²) < 4.78 is 11.4. The molecule has 0 spiro atoms. The number of hydrogen-bond donors (Lipinski definition) is 0. The van der Waals surface area contributed by atoms with Crippen LogP contribution in [0, 0.1) is 0 Å². The maximum Gasteiger partial charge on any atom is 0.266 e. The van der Waals surface area contributed by atoms with Crippen LogP contribution in [0.5, 0.6) is 5.75 Å². The van der Waals surface area contributed by atoms with Gasteiger partial charge >= 0.3 is 0 Å². The maximum absolute atomic E-state index is 12.7. The fourth-order valence-electron chi connectivity index (χ4n) is 2.78. The van der Waals surface area contributed by atoms with E-state index in [2.05, 4.69) is 4.98 Å². The Morgan fingerprint density at radius 2 is 2.00 bits per heavy atom. The van der Waals surface area contributed by atoms with Crippen molar-refractivity contribution in [3.63, 3.8) is 0 Å². The molecule has 136 valence electrons. The average molecular weight is 396 g/mol. The number of amides is 1. The minimum atomic E-state index is -0.0862. The molecule has 27 heavy (non-hydrogen) atoms. The van der Waals surface area contributed by atoms with Gasteiger partial charge in [-0.2, -0.15) is 0 Å². The fourth-order valence-corrected chi connectivity index (χ4v) is 4.09. The Labute approximate surface area is 166 Å². The third-order valence-corrected chi connectivity index (χ3v) is 5.55. The normalized spacial score (nSPS) is 15.9. The van der Waals surface area contributed by atoms with Gasteiger partial charge in [-0.25, -0.2) is 4.98 Å². The smallest absolute Gasteiger partial charge is 0.266 e. The first-order valence-electron chi connectivity index (χ1n) is 8.38. The molecule has 3 aromatic rings. The van der Waals surface area contributed by atoms with E-state index in [0.717, 1.165) is 22.4 Å². The zero-order valence-corrected chi connectivity index (χ0v) is 16.2. The third-order valence-electron chi connectivity index (χ3n) is 4.17. The Morgan fingerprint density at radius 3 is 2.74 bits per heavy atom. The highest BCUT2D eigenvalue weighted by molar-refractivity contribution is 8.26.